The molecule has 1 atom stereocenters. The number of aromatic nitrogens is 4. The average molecular weight is 521 g/mol. The van der Waals surface area contributed by atoms with E-state index in [0.717, 1.165) is 40.2 Å². The number of hydrogen-bond donors (Lipinski definition) is 0. The van der Waals surface area contributed by atoms with Gasteiger partial charge in [0.2, 0.25) is 0 Å². The summed E-state index contributed by atoms with van der Waals surface area (Å²) in [7, 11) is 0. The first kappa shape index (κ1) is 25.1. The van der Waals surface area contributed by atoms with E-state index in [2.05, 4.69) is 16.2 Å². The summed E-state index contributed by atoms with van der Waals surface area (Å²) in [5.41, 5.74) is -0.612. The summed E-state index contributed by atoms with van der Waals surface area (Å²) in [4.78, 5) is 19.2. The van der Waals surface area contributed by atoms with Gasteiger partial charge < -0.3 is 9.64 Å². The normalized spacial score (nSPS) is 17.0. The number of halogens is 3. The molecule has 0 radical (unpaired) electrons. The van der Waals surface area contributed by atoms with E-state index in [1.165, 1.54) is 18.2 Å². The van der Waals surface area contributed by atoms with Gasteiger partial charge in [-0.2, -0.15) is 15.0 Å². The van der Waals surface area contributed by atoms with Crippen LogP contribution in [0, 0.1) is 41.1 Å². The third kappa shape index (κ3) is 4.72. The summed E-state index contributed by atoms with van der Waals surface area (Å²) in [5, 5.41) is 13.4. The maximum Gasteiger partial charge on any atom is 0.350 e. The summed E-state index contributed by atoms with van der Waals surface area (Å²) in [5.74, 6) is -1.34. The molecule has 2 aromatic heterocycles. The van der Waals surface area contributed by atoms with Crippen molar-refractivity contribution in [3.05, 3.63) is 94.1 Å². The van der Waals surface area contributed by atoms with E-state index < -0.39 is 28.6 Å². The quantitative estimate of drug-likeness (QED) is 0.365. The van der Waals surface area contributed by atoms with E-state index in [1.807, 2.05) is 11.8 Å². The highest BCUT2D eigenvalue weighted by Crippen LogP contribution is 2.35. The zero-order valence-electron chi connectivity index (χ0n) is 20.7. The Morgan fingerprint density at radius 2 is 1.87 bits per heavy atom. The monoisotopic (exact) mass is 520 g/mol. The highest BCUT2D eigenvalue weighted by atomic mass is 19.1. The van der Waals surface area contributed by atoms with Crippen molar-refractivity contribution in [2.24, 2.45) is 5.41 Å². The molecular formula is C27H23F3N6O2. The van der Waals surface area contributed by atoms with Crippen LogP contribution in [0.4, 0.5) is 19.0 Å². The highest BCUT2D eigenvalue weighted by Gasteiger charge is 2.34. The van der Waals surface area contributed by atoms with Crippen LogP contribution in [0.25, 0.3) is 5.69 Å². The van der Waals surface area contributed by atoms with Crippen LogP contribution < -0.4 is 15.3 Å². The molecule has 38 heavy (non-hydrogen) atoms. The maximum absolute atomic E-state index is 15.1. The Morgan fingerprint density at radius 3 is 2.55 bits per heavy atom. The number of hydrogen-bond acceptors (Lipinski definition) is 6. The van der Waals surface area contributed by atoms with Gasteiger partial charge in [0.25, 0.3) is 0 Å². The smallest absolute Gasteiger partial charge is 0.350 e. The number of rotatable bonds is 6. The molecule has 1 saturated heterocycles. The molecule has 1 aliphatic heterocycles. The molecule has 0 bridgehead atoms. The third-order valence-electron chi connectivity index (χ3n) is 6.61. The number of ether oxygens (including phenoxy) is 1. The molecule has 0 N–H and O–H groups in total. The fourth-order valence-electron chi connectivity index (χ4n) is 4.32. The standard InChI is InChI=1S/C27H23F3N6O2/c1-17-12-32-25(34-9-8-27(2,14-31)15-34)11-24(17)38-23-7-6-18(10-22(23)30)36-26(37)35(16-33-36)13-19-20(28)4-3-5-21(19)29/h3-7,10-12,16H,8-9,13,15H2,1-2H3. The third-order valence-corrected chi connectivity index (χ3v) is 6.61. The van der Waals surface area contributed by atoms with Crippen molar-refractivity contribution >= 4 is 5.82 Å². The van der Waals surface area contributed by atoms with Gasteiger partial charge in [-0.3, -0.25) is 4.57 Å². The predicted octanol–water partition coefficient (Wildman–Crippen LogP) is 4.74. The maximum atomic E-state index is 15.1. The van der Waals surface area contributed by atoms with Gasteiger partial charge >= 0.3 is 5.69 Å². The van der Waals surface area contributed by atoms with Crippen LogP contribution in [0.5, 0.6) is 11.5 Å². The summed E-state index contributed by atoms with van der Waals surface area (Å²) < 4.78 is 50.9. The summed E-state index contributed by atoms with van der Waals surface area (Å²) in [6.45, 7) is 4.53. The van der Waals surface area contributed by atoms with Gasteiger partial charge in [-0.15, -0.1) is 0 Å². The summed E-state index contributed by atoms with van der Waals surface area (Å²) >= 11 is 0. The van der Waals surface area contributed by atoms with Crippen molar-refractivity contribution in [3.8, 4) is 23.3 Å². The first-order valence-electron chi connectivity index (χ1n) is 11.9. The molecule has 11 heteroatoms. The van der Waals surface area contributed by atoms with E-state index in [4.69, 9.17) is 4.74 Å². The number of benzene rings is 2. The molecule has 5 rings (SSSR count). The second kappa shape index (κ2) is 9.70. The lowest BCUT2D eigenvalue weighted by atomic mass is 9.92. The molecule has 194 valence electrons. The zero-order chi connectivity index (χ0) is 27.0. The topological polar surface area (TPSA) is 89.0 Å². The molecule has 4 aromatic rings. The van der Waals surface area contributed by atoms with E-state index >= 15 is 4.39 Å². The summed E-state index contributed by atoms with van der Waals surface area (Å²) in [6, 6.07) is 11.4. The van der Waals surface area contributed by atoms with Gasteiger partial charge in [-0.05, 0) is 44.5 Å². The molecule has 1 unspecified atom stereocenters. The number of nitrogens with zero attached hydrogens (tertiary/aromatic N) is 6. The average Bonchev–Trinajstić information content (AvgIpc) is 3.47. The minimum absolute atomic E-state index is 0.0711. The van der Waals surface area contributed by atoms with Gasteiger partial charge in [0.15, 0.2) is 11.6 Å². The second-order valence-corrected chi connectivity index (χ2v) is 9.52. The van der Waals surface area contributed by atoms with Gasteiger partial charge in [-0.1, -0.05) is 6.07 Å². The largest absolute Gasteiger partial charge is 0.454 e. The minimum Gasteiger partial charge on any atom is -0.454 e. The predicted molar refractivity (Wildman–Crippen MR) is 133 cm³/mol. The molecule has 0 saturated carbocycles. The Balaban J connectivity index is 1.37. The van der Waals surface area contributed by atoms with Crippen LogP contribution in [0.2, 0.25) is 0 Å². The Bertz CT molecular complexity index is 1610. The lowest BCUT2D eigenvalue weighted by Crippen LogP contribution is -2.24. The van der Waals surface area contributed by atoms with Crippen molar-refractivity contribution in [1.82, 2.24) is 19.3 Å². The van der Waals surface area contributed by atoms with Crippen LogP contribution in [0.15, 0.2) is 59.8 Å². The van der Waals surface area contributed by atoms with E-state index in [-0.39, 0.29) is 23.5 Å². The molecule has 3 heterocycles. The second-order valence-electron chi connectivity index (χ2n) is 9.52. The number of nitriles is 1. The molecule has 2 aromatic carbocycles. The van der Waals surface area contributed by atoms with Gasteiger partial charge in [-0.25, -0.2) is 22.9 Å². The van der Waals surface area contributed by atoms with Crippen LogP contribution in [0.1, 0.15) is 24.5 Å². The van der Waals surface area contributed by atoms with Crippen molar-refractivity contribution in [2.45, 2.75) is 26.8 Å². The van der Waals surface area contributed by atoms with Crippen LogP contribution >= 0.6 is 0 Å². The molecule has 8 nitrogen and oxygen atoms in total. The molecule has 1 aliphatic rings. The van der Waals surface area contributed by atoms with Gasteiger partial charge in [0, 0.05) is 42.5 Å². The van der Waals surface area contributed by atoms with Crippen LogP contribution in [-0.4, -0.2) is 32.4 Å². The van der Waals surface area contributed by atoms with Crippen LogP contribution in [0.3, 0.4) is 0 Å². The highest BCUT2D eigenvalue weighted by molar-refractivity contribution is 5.50. The molecule has 0 spiro atoms. The zero-order valence-corrected chi connectivity index (χ0v) is 20.7. The fraction of sp³-hybridized carbons (Fsp3) is 0.259. The number of pyridine rings is 1. The Morgan fingerprint density at radius 1 is 1.11 bits per heavy atom. The molecule has 0 aliphatic carbocycles. The Kier molecular flexibility index (Phi) is 6.40. The van der Waals surface area contributed by atoms with Gasteiger partial charge in [0.1, 0.15) is 29.5 Å². The van der Waals surface area contributed by atoms with E-state index in [9.17, 15) is 18.8 Å². The molecule has 0 amide bonds. The van der Waals surface area contributed by atoms with Crippen molar-refractivity contribution < 1.29 is 17.9 Å². The minimum atomic E-state index is -0.782. The SMILES string of the molecule is Cc1cnc(N2CCC(C)(C#N)C2)cc1Oc1ccc(-n2ncn(Cc3c(F)cccc3F)c2=O)cc1F. The van der Waals surface area contributed by atoms with Gasteiger partial charge in [0.05, 0.1) is 23.7 Å². The number of aryl methyl sites for hydroxylation is 1. The lowest BCUT2D eigenvalue weighted by molar-refractivity contribution is 0.438. The summed E-state index contributed by atoms with van der Waals surface area (Å²) in [6.07, 6.45) is 3.48. The Hall–Kier alpha value is -4.59. The first-order valence-corrected chi connectivity index (χ1v) is 11.9. The first-order chi connectivity index (χ1) is 18.2. The van der Waals surface area contributed by atoms with Crippen molar-refractivity contribution in [1.29, 1.82) is 5.26 Å². The Labute approximate surface area is 216 Å². The van der Waals surface area contributed by atoms with E-state index in [0.29, 0.717) is 30.2 Å². The van der Waals surface area contributed by atoms with Crippen LogP contribution in [-0.2, 0) is 6.54 Å². The van der Waals surface area contributed by atoms with Crippen molar-refractivity contribution in [3.63, 3.8) is 0 Å². The van der Waals surface area contributed by atoms with Crippen molar-refractivity contribution in [2.75, 3.05) is 18.0 Å². The number of anilines is 1. The molecule has 1 fully saturated rings. The van der Waals surface area contributed by atoms with E-state index in [1.54, 1.807) is 19.2 Å². The molecular weight excluding hydrogens is 497 g/mol. The fourth-order valence-corrected chi connectivity index (χ4v) is 4.32. The lowest BCUT2D eigenvalue weighted by Gasteiger charge is -2.20.